The van der Waals surface area contributed by atoms with Gasteiger partial charge in [-0.05, 0) is 55.0 Å². The van der Waals surface area contributed by atoms with Gasteiger partial charge in [0.25, 0.3) is 0 Å². The molecule has 0 unspecified atom stereocenters. The Morgan fingerprint density at radius 3 is 2.69 bits per heavy atom. The van der Waals surface area contributed by atoms with Crippen LogP contribution in [0.2, 0.25) is 0 Å². The van der Waals surface area contributed by atoms with Gasteiger partial charge in [0, 0.05) is 29.9 Å². The standard InChI is InChI=1S/C27H28N6O2S/c1-16(2)13-20-8-7-19(15-28-20)24-22-11-12-23-26(36-27(31-23)30-17(3)34)25(22)33(32-24)21-9-5-18(6-10-21)14-29-35-4/h5-10,14-16H,11-13H2,1-4H3,(H,30,31,34)/b29-14+. The smallest absolute Gasteiger partial charge is 0.223 e. The molecule has 1 aromatic carbocycles. The molecule has 5 rings (SSSR count). The highest BCUT2D eigenvalue weighted by atomic mass is 32.1. The van der Waals surface area contributed by atoms with Crippen molar-refractivity contribution in [3.05, 3.63) is 65.1 Å². The molecule has 0 fully saturated rings. The Morgan fingerprint density at radius 1 is 1.22 bits per heavy atom. The molecular formula is C27H28N6O2S. The SMILES string of the molecule is CO/N=C/c1ccc(-n2nc(-c3ccc(CC(C)C)nc3)c3c2-c2sc(NC(C)=O)nc2CC3)cc1. The molecule has 0 saturated heterocycles. The first kappa shape index (κ1) is 23.9. The second-order valence-electron chi connectivity index (χ2n) is 9.21. The van der Waals surface area contributed by atoms with Gasteiger partial charge in [-0.15, -0.1) is 0 Å². The van der Waals surface area contributed by atoms with E-state index in [0.717, 1.165) is 63.7 Å². The van der Waals surface area contributed by atoms with Crippen molar-refractivity contribution < 1.29 is 9.63 Å². The summed E-state index contributed by atoms with van der Waals surface area (Å²) in [4.78, 5) is 26.9. The van der Waals surface area contributed by atoms with Gasteiger partial charge < -0.3 is 10.2 Å². The van der Waals surface area contributed by atoms with Gasteiger partial charge in [-0.1, -0.05) is 42.5 Å². The minimum Gasteiger partial charge on any atom is -0.399 e. The van der Waals surface area contributed by atoms with Crippen molar-refractivity contribution in [3.63, 3.8) is 0 Å². The summed E-state index contributed by atoms with van der Waals surface area (Å²) in [6, 6.07) is 12.2. The first-order valence-corrected chi connectivity index (χ1v) is 12.8. The topological polar surface area (TPSA) is 94.3 Å². The van der Waals surface area contributed by atoms with Gasteiger partial charge in [-0.3, -0.25) is 9.78 Å². The molecule has 9 heteroatoms. The first-order valence-electron chi connectivity index (χ1n) is 11.9. The van der Waals surface area contributed by atoms with Crippen LogP contribution in [0.25, 0.3) is 27.5 Å². The zero-order valence-corrected chi connectivity index (χ0v) is 21.6. The molecule has 0 saturated carbocycles. The number of aromatic nitrogens is 4. The third-order valence-corrected chi connectivity index (χ3v) is 6.97. The third kappa shape index (κ3) is 4.79. The molecule has 3 heterocycles. The van der Waals surface area contributed by atoms with E-state index in [4.69, 9.17) is 19.9 Å². The van der Waals surface area contributed by atoms with Gasteiger partial charge in [0.15, 0.2) is 5.13 Å². The molecule has 0 atom stereocenters. The van der Waals surface area contributed by atoms with Gasteiger partial charge in [0.1, 0.15) is 7.11 Å². The summed E-state index contributed by atoms with van der Waals surface area (Å²) in [6.45, 7) is 5.89. The molecule has 1 aliphatic carbocycles. The fourth-order valence-corrected chi connectivity index (χ4v) is 5.53. The number of oxime groups is 1. The van der Waals surface area contributed by atoms with Crippen molar-refractivity contribution in [2.75, 3.05) is 12.4 Å². The maximum Gasteiger partial charge on any atom is 0.223 e. The molecule has 0 radical (unpaired) electrons. The summed E-state index contributed by atoms with van der Waals surface area (Å²) in [7, 11) is 1.52. The zero-order valence-electron chi connectivity index (χ0n) is 20.8. The summed E-state index contributed by atoms with van der Waals surface area (Å²) >= 11 is 1.49. The van der Waals surface area contributed by atoms with Crippen molar-refractivity contribution in [1.29, 1.82) is 0 Å². The number of nitrogens with one attached hydrogen (secondary N) is 1. The molecule has 0 bridgehead atoms. The molecule has 1 aliphatic rings. The number of benzene rings is 1. The van der Waals surface area contributed by atoms with E-state index >= 15 is 0 Å². The summed E-state index contributed by atoms with van der Waals surface area (Å²) < 4.78 is 1.98. The normalized spacial score (nSPS) is 12.6. The van der Waals surface area contributed by atoms with Crippen molar-refractivity contribution in [3.8, 4) is 27.5 Å². The molecule has 4 aromatic rings. The monoisotopic (exact) mass is 500 g/mol. The molecule has 1 amide bonds. The maximum absolute atomic E-state index is 11.7. The fraction of sp³-hybridized carbons (Fsp3) is 0.296. The third-order valence-electron chi connectivity index (χ3n) is 5.95. The highest BCUT2D eigenvalue weighted by molar-refractivity contribution is 7.19. The highest BCUT2D eigenvalue weighted by Crippen LogP contribution is 2.44. The van der Waals surface area contributed by atoms with Crippen LogP contribution in [0.4, 0.5) is 5.13 Å². The van der Waals surface area contributed by atoms with E-state index in [-0.39, 0.29) is 5.91 Å². The Hall–Kier alpha value is -3.85. The van der Waals surface area contributed by atoms with Crippen LogP contribution in [0.5, 0.6) is 0 Å². The summed E-state index contributed by atoms with van der Waals surface area (Å²) in [5.74, 6) is 0.422. The fourth-order valence-electron chi connectivity index (χ4n) is 4.41. The maximum atomic E-state index is 11.7. The van der Waals surface area contributed by atoms with Crippen LogP contribution < -0.4 is 5.32 Å². The van der Waals surface area contributed by atoms with Crippen molar-refractivity contribution in [1.82, 2.24) is 19.7 Å². The lowest BCUT2D eigenvalue weighted by molar-refractivity contribution is -0.114. The molecule has 0 spiro atoms. The minimum absolute atomic E-state index is 0.128. The first-order chi connectivity index (χ1) is 17.4. The van der Waals surface area contributed by atoms with Crippen molar-refractivity contribution in [2.24, 2.45) is 11.1 Å². The van der Waals surface area contributed by atoms with Gasteiger partial charge in [0.2, 0.25) is 5.91 Å². The molecule has 1 N–H and O–H groups in total. The highest BCUT2D eigenvalue weighted by Gasteiger charge is 2.30. The van der Waals surface area contributed by atoms with E-state index in [2.05, 4.69) is 36.5 Å². The number of amides is 1. The van der Waals surface area contributed by atoms with Crippen LogP contribution in [0, 0.1) is 5.92 Å². The second kappa shape index (κ2) is 10.0. The number of fused-ring (bicyclic) bond motifs is 3. The lowest BCUT2D eigenvalue weighted by Crippen LogP contribution is -2.07. The number of thiazole rings is 1. The van der Waals surface area contributed by atoms with Crippen LogP contribution in [-0.2, 0) is 28.9 Å². The van der Waals surface area contributed by atoms with E-state index < -0.39 is 0 Å². The van der Waals surface area contributed by atoms with E-state index in [1.54, 1.807) is 6.21 Å². The number of anilines is 1. The number of hydrogen-bond donors (Lipinski definition) is 1. The predicted octanol–water partition coefficient (Wildman–Crippen LogP) is 5.29. The second-order valence-corrected chi connectivity index (χ2v) is 10.2. The Labute approximate surface area is 214 Å². The average Bonchev–Trinajstić information content (AvgIpc) is 3.44. The number of hydrogen-bond acceptors (Lipinski definition) is 7. The van der Waals surface area contributed by atoms with Crippen molar-refractivity contribution >= 4 is 28.6 Å². The Bertz CT molecular complexity index is 1420. The Morgan fingerprint density at radius 2 is 2.03 bits per heavy atom. The largest absolute Gasteiger partial charge is 0.399 e. The minimum atomic E-state index is -0.128. The van der Waals surface area contributed by atoms with Gasteiger partial charge in [0.05, 0.1) is 33.9 Å². The van der Waals surface area contributed by atoms with Gasteiger partial charge in [-0.2, -0.15) is 5.10 Å². The Balaban J connectivity index is 1.63. The Kier molecular flexibility index (Phi) is 6.65. The average molecular weight is 501 g/mol. The molecular weight excluding hydrogens is 472 g/mol. The zero-order chi connectivity index (χ0) is 25.2. The van der Waals surface area contributed by atoms with Gasteiger partial charge >= 0.3 is 0 Å². The number of aryl methyl sites for hydroxylation is 1. The van der Waals surface area contributed by atoms with E-state index in [9.17, 15) is 4.79 Å². The van der Waals surface area contributed by atoms with Crippen LogP contribution >= 0.6 is 11.3 Å². The summed E-state index contributed by atoms with van der Waals surface area (Å²) in [6.07, 6.45) is 6.15. The number of carbonyl (C=O) groups is 1. The molecule has 3 aromatic heterocycles. The molecule has 184 valence electrons. The lowest BCUT2D eigenvalue weighted by atomic mass is 9.95. The van der Waals surface area contributed by atoms with Crippen LogP contribution in [-0.4, -0.2) is 39.0 Å². The summed E-state index contributed by atoms with van der Waals surface area (Å²) in [5, 5.41) is 12.4. The molecule has 8 nitrogen and oxygen atoms in total. The number of carbonyl (C=O) groups excluding carboxylic acids is 1. The molecule has 0 aliphatic heterocycles. The van der Waals surface area contributed by atoms with Crippen LogP contribution in [0.1, 0.15) is 43.3 Å². The number of nitrogens with zero attached hydrogens (tertiary/aromatic N) is 5. The lowest BCUT2D eigenvalue weighted by Gasteiger charge is -2.14. The van der Waals surface area contributed by atoms with E-state index in [1.165, 1.54) is 30.9 Å². The van der Waals surface area contributed by atoms with Crippen LogP contribution in [0.15, 0.2) is 47.8 Å². The predicted molar refractivity (Wildman–Crippen MR) is 143 cm³/mol. The number of rotatable bonds is 7. The number of pyridine rings is 1. The summed E-state index contributed by atoms with van der Waals surface area (Å²) in [5.41, 5.74) is 8.04. The van der Waals surface area contributed by atoms with E-state index in [0.29, 0.717) is 11.0 Å². The van der Waals surface area contributed by atoms with Crippen molar-refractivity contribution in [2.45, 2.75) is 40.0 Å². The van der Waals surface area contributed by atoms with E-state index in [1.807, 2.05) is 35.1 Å². The quantitative estimate of drug-likeness (QED) is 0.275. The van der Waals surface area contributed by atoms with Gasteiger partial charge in [-0.25, -0.2) is 9.67 Å². The molecule has 36 heavy (non-hydrogen) atoms. The van der Waals surface area contributed by atoms with Crippen LogP contribution in [0.3, 0.4) is 0 Å².